The molecule has 0 aliphatic carbocycles. The number of carbonyl (C=O) groups excluding carboxylic acids is 2. The second kappa shape index (κ2) is 13.7. The van der Waals surface area contributed by atoms with Crippen LogP contribution >= 0.6 is 8.15 Å². The monoisotopic (exact) mass is 647 g/mol. The SMILES string of the molecule is C=CCOC(=O)N1c2cc(OCCCC(=O)Nc3cn(C)c(C(=O)O)n3)c(OC)cc2C(OC)(OC)CN2CCC[P@]3O[C@H]1[C@@H]23. The Labute approximate surface area is 261 Å². The number of amides is 2. The Kier molecular flexibility index (Phi) is 9.94. The van der Waals surface area contributed by atoms with Crippen molar-refractivity contribution in [2.24, 2.45) is 7.05 Å². The largest absolute Gasteiger partial charge is 0.493 e. The number of aryl methyl sites for hydroxylation is 1. The molecule has 1 aromatic heterocycles. The predicted octanol–water partition coefficient (Wildman–Crippen LogP) is 3.30. The van der Waals surface area contributed by atoms with Crippen molar-refractivity contribution in [3.05, 3.63) is 42.4 Å². The Balaban J connectivity index is 1.40. The summed E-state index contributed by atoms with van der Waals surface area (Å²) >= 11 is 0. The van der Waals surface area contributed by atoms with Crippen LogP contribution in [-0.4, -0.2) is 103 Å². The third kappa shape index (κ3) is 6.36. The summed E-state index contributed by atoms with van der Waals surface area (Å²) in [6, 6.07) is 3.41. The van der Waals surface area contributed by atoms with Crippen molar-refractivity contribution < 1.29 is 47.7 Å². The van der Waals surface area contributed by atoms with Gasteiger partial charge in [0.25, 0.3) is 0 Å². The Bertz CT molecular complexity index is 1450. The second-order valence-electron chi connectivity index (χ2n) is 10.7. The number of nitrogens with zero attached hydrogens (tertiary/aromatic N) is 4. The molecule has 0 radical (unpaired) electrons. The minimum absolute atomic E-state index is 0.0118. The molecule has 5 rings (SSSR count). The maximum atomic E-state index is 13.6. The third-order valence-electron chi connectivity index (χ3n) is 7.93. The summed E-state index contributed by atoms with van der Waals surface area (Å²) in [7, 11) is 5.37. The fourth-order valence-corrected chi connectivity index (χ4v) is 8.08. The number of carbonyl (C=O) groups is 3. The summed E-state index contributed by atoms with van der Waals surface area (Å²) in [6.07, 6.45) is 4.03. The van der Waals surface area contributed by atoms with Gasteiger partial charge in [0.1, 0.15) is 12.4 Å². The molecule has 0 spiro atoms. The van der Waals surface area contributed by atoms with Crippen LogP contribution in [0.25, 0.3) is 0 Å². The first-order valence-electron chi connectivity index (χ1n) is 14.4. The van der Waals surface area contributed by atoms with Crippen LogP contribution in [0.4, 0.5) is 16.3 Å². The molecule has 1 aromatic carbocycles. The minimum atomic E-state index is -1.25. The quantitative estimate of drug-likeness (QED) is 0.150. The number of aromatic carboxylic acids is 1. The molecule has 2 amide bonds. The van der Waals surface area contributed by atoms with Crippen LogP contribution in [0.1, 0.15) is 35.4 Å². The molecule has 16 heteroatoms. The van der Waals surface area contributed by atoms with Gasteiger partial charge in [0.2, 0.25) is 17.5 Å². The lowest BCUT2D eigenvalue weighted by Crippen LogP contribution is -2.66. The molecule has 2 fully saturated rings. The van der Waals surface area contributed by atoms with Crippen molar-refractivity contribution in [3.63, 3.8) is 0 Å². The maximum absolute atomic E-state index is 13.6. The highest BCUT2D eigenvalue weighted by Gasteiger charge is 2.57. The lowest BCUT2D eigenvalue weighted by atomic mass is 9.98. The van der Waals surface area contributed by atoms with Gasteiger partial charge in [-0.3, -0.25) is 9.69 Å². The van der Waals surface area contributed by atoms with Gasteiger partial charge in [0.15, 0.2) is 23.5 Å². The number of imidazole rings is 1. The average molecular weight is 648 g/mol. The van der Waals surface area contributed by atoms with E-state index in [1.54, 1.807) is 26.4 Å². The van der Waals surface area contributed by atoms with Crippen LogP contribution in [0.3, 0.4) is 0 Å². The van der Waals surface area contributed by atoms with Crippen molar-refractivity contribution in [1.82, 2.24) is 14.5 Å². The van der Waals surface area contributed by atoms with Crippen molar-refractivity contribution in [2.45, 2.75) is 37.1 Å². The molecule has 15 nitrogen and oxygen atoms in total. The van der Waals surface area contributed by atoms with Gasteiger partial charge in [-0.25, -0.2) is 19.5 Å². The van der Waals surface area contributed by atoms with E-state index in [2.05, 4.69) is 21.8 Å². The lowest BCUT2D eigenvalue weighted by molar-refractivity contribution is -0.231. The van der Waals surface area contributed by atoms with Crippen LogP contribution in [0.5, 0.6) is 11.5 Å². The first kappa shape index (κ1) is 32.6. The van der Waals surface area contributed by atoms with Gasteiger partial charge in [0.05, 0.1) is 34.1 Å². The summed E-state index contributed by atoms with van der Waals surface area (Å²) in [6.45, 7) is 5.02. The summed E-state index contributed by atoms with van der Waals surface area (Å²) in [4.78, 5) is 45.0. The van der Waals surface area contributed by atoms with E-state index < -0.39 is 32.2 Å². The predicted molar refractivity (Wildman–Crippen MR) is 163 cm³/mol. The van der Waals surface area contributed by atoms with Gasteiger partial charge in [-0.15, -0.1) is 0 Å². The number of hydrogen-bond donors (Lipinski definition) is 2. The van der Waals surface area contributed by atoms with Crippen molar-refractivity contribution in [2.75, 3.05) is 64.0 Å². The summed E-state index contributed by atoms with van der Waals surface area (Å²) in [5.74, 6) is -2.16. The highest BCUT2D eigenvalue weighted by molar-refractivity contribution is 7.54. The number of anilines is 2. The zero-order valence-electron chi connectivity index (χ0n) is 25.7. The molecule has 2 saturated heterocycles. The van der Waals surface area contributed by atoms with Crippen molar-refractivity contribution in [3.8, 4) is 11.5 Å². The minimum Gasteiger partial charge on any atom is -0.493 e. The number of benzene rings is 1. The number of rotatable bonds is 12. The standard InChI is InChI=1S/C29H38N5O10P/c1-6-11-43-28(38)34-19-15-21(42-12-7-9-23(35)30-22-16-32(2)24(31-22)27(36)37)20(39-3)14-18(19)29(40-4,41-5)17-33-10-8-13-45-26(33)25(34)44-45/h6,14-16,25-26H,1,7-13,17H2,2-5H3,(H,30,35)(H,36,37)/t25-,26-,45-/m0/s1. The fourth-order valence-electron chi connectivity index (χ4n) is 5.79. The lowest BCUT2D eigenvalue weighted by Gasteiger charge is -2.58. The molecular weight excluding hydrogens is 609 g/mol. The molecule has 3 atom stereocenters. The van der Waals surface area contributed by atoms with Crippen LogP contribution in [0.15, 0.2) is 31.0 Å². The van der Waals surface area contributed by atoms with E-state index in [-0.39, 0.29) is 43.0 Å². The van der Waals surface area contributed by atoms with E-state index in [1.165, 1.54) is 35.9 Å². The Morgan fingerprint density at radius 3 is 2.69 bits per heavy atom. The molecule has 2 N–H and O–H groups in total. The zero-order chi connectivity index (χ0) is 32.3. The molecular formula is C29H38N5O10P. The second-order valence-corrected chi connectivity index (χ2v) is 12.7. The number of carboxylic acid groups (broad SMARTS) is 1. The number of methoxy groups -OCH3 is 3. The van der Waals surface area contributed by atoms with Crippen molar-refractivity contribution in [1.29, 1.82) is 0 Å². The molecule has 45 heavy (non-hydrogen) atoms. The smallest absolute Gasteiger partial charge is 0.416 e. The van der Waals surface area contributed by atoms with Crippen LogP contribution < -0.4 is 19.7 Å². The van der Waals surface area contributed by atoms with Gasteiger partial charge >= 0.3 is 12.1 Å². The van der Waals surface area contributed by atoms with Gasteiger partial charge in [-0.1, -0.05) is 12.7 Å². The van der Waals surface area contributed by atoms with E-state index in [1.807, 2.05) is 0 Å². The number of aromatic nitrogens is 2. The molecule has 3 aliphatic heterocycles. The van der Waals surface area contributed by atoms with E-state index in [0.29, 0.717) is 35.7 Å². The Morgan fingerprint density at radius 1 is 1.24 bits per heavy atom. The zero-order valence-corrected chi connectivity index (χ0v) is 26.6. The first-order chi connectivity index (χ1) is 21.7. The Hall–Kier alpha value is -3.75. The van der Waals surface area contributed by atoms with Gasteiger partial charge in [-0.2, -0.15) is 0 Å². The number of fused-ring (bicyclic) bond motifs is 1. The molecule has 0 unspecified atom stereocenters. The summed E-state index contributed by atoms with van der Waals surface area (Å²) < 4.78 is 37.1. The van der Waals surface area contributed by atoms with Gasteiger partial charge in [-0.05, 0) is 31.6 Å². The fraction of sp³-hybridized carbons (Fsp3) is 0.517. The van der Waals surface area contributed by atoms with Crippen molar-refractivity contribution >= 4 is 37.6 Å². The van der Waals surface area contributed by atoms with E-state index in [0.717, 1.165) is 19.1 Å². The number of carboxylic acids is 1. The normalized spacial score (nSPS) is 21.7. The molecule has 244 valence electrons. The van der Waals surface area contributed by atoms with Crippen LogP contribution in [0, 0.1) is 0 Å². The first-order valence-corrected chi connectivity index (χ1v) is 15.9. The van der Waals surface area contributed by atoms with E-state index in [4.69, 9.17) is 28.2 Å². The molecule has 0 saturated carbocycles. The van der Waals surface area contributed by atoms with Gasteiger partial charge < -0.3 is 43.2 Å². The number of ether oxygens (including phenoxy) is 5. The van der Waals surface area contributed by atoms with E-state index in [9.17, 15) is 19.5 Å². The molecule has 3 aliphatic rings. The summed E-state index contributed by atoms with van der Waals surface area (Å²) in [5.41, 5.74) is 0.960. The number of nitrogens with one attached hydrogen (secondary N) is 1. The highest BCUT2D eigenvalue weighted by Crippen LogP contribution is 2.62. The number of hydrogen-bond acceptors (Lipinski definition) is 11. The summed E-state index contributed by atoms with van der Waals surface area (Å²) in [5, 5.41) is 11.8. The highest BCUT2D eigenvalue weighted by atomic mass is 31.1. The van der Waals surface area contributed by atoms with Crippen LogP contribution in [0.2, 0.25) is 0 Å². The Morgan fingerprint density at radius 2 is 2.02 bits per heavy atom. The topological polar surface area (TPSA) is 163 Å². The molecule has 2 aromatic rings. The average Bonchev–Trinajstić information content (AvgIpc) is 3.38. The molecule has 0 bridgehead atoms. The maximum Gasteiger partial charge on any atom is 0.416 e. The van der Waals surface area contributed by atoms with Gasteiger partial charge in [0, 0.05) is 45.5 Å². The van der Waals surface area contributed by atoms with E-state index >= 15 is 0 Å². The molecule has 4 heterocycles. The van der Waals surface area contributed by atoms with Crippen LogP contribution in [-0.2, 0) is 36.4 Å². The third-order valence-corrected chi connectivity index (χ3v) is 10.3.